The molecule has 0 saturated carbocycles. The first kappa shape index (κ1) is 30.2. The van der Waals surface area contributed by atoms with Crippen LogP contribution in [0.1, 0.15) is 35.6 Å². The Kier molecular flexibility index (Phi) is 10.5. The first-order valence-electron chi connectivity index (χ1n) is 12.9. The van der Waals surface area contributed by atoms with E-state index in [2.05, 4.69) is 5.32 Å². The highest BCUT2D eigenvalue weighted by atomic mass is 35.5. The van der Waals surface area contributed by atoms with Crippen molar-refractivity contribution < 1.29 is 18.0 Å². The highest BCUT2D eigenvalue weighted by Gasteiger charge is 2.33. The molecule has 1 N–H and O–H groups in total. The van der Waals surface area contributed by atoms with E-state index >= 15 is 0 Å². The number of rotatable bonds is 12. The summed E-state index contributed by atoms with van der Waals surface area (Å²) in [6, 6.07) is 21.1. The van der Waals surface area contributed by atoms with Gasteiger partial charge < -0.3 is 10.2 Å². The van der Waals surface area contributed by atoms with Crippen molar-refractivity contribution in [2.45, 2.75) is 46.2 Å². The lowest BCUT2D eigenvalue weighted by Gasteiger charge is -2.34. The van der Waals surface area contributed by atoms with Crippen LogP contribution in [0, 0.1) is 13.8 Å². The summed E-state index contributed by atoms with van der Waals surface area (Å²) < 4.78 is 27.1. The number of sulfonamides is 1. The lowest BCUT2D eigenvalue weighted by atomic mass is 10.0. The van der Waals surface area contributed by atoms with Crippen molar-refractivity contribution in [3.05, 3.63) is 100 Å². The minimum absolute atomic E-state index is 0.0841. The van der Waals surface area contributed by atoms with Crippen LogP contribution in [-0.2, 0) is 32.6 Å². The third-order valence-corrected chi connectivity index (χ3v) is 7.78. The van der Waals surface area contributed by atoms with Crippen molar-refractivity contribution in [2.24, 2.45) is 0 Å². The van der Waals surface area contributed by atoms with Crippen molar-refractivity contribution in [3.63, 3.8) is 0 Å². The quantitative estimate of drug-likeness (QED) is 0.336. The van der Waals surface area contributed by atoms with Gasteiger partial charge in [0.1, 0.15) is 12.6 Å². The number of carbonyl (C=O) groups is 2. The van der Waals surface area contributed by atoms with Gasteiger partial charge in [0.25, 0.3) is 0 Å². The van der Waals surface area contributed by atoms with E-state index < -0.39 is 28.5 Å². The minimum Gasteiger partial charge on any atom is -0.354 e. The molecule has 0 aliphatic rings. The maximum absolute atomic E-state index is 14.1. The number of hydrogen-bond acceptors (Lipinski definition) is 4. The van der Waals surface area contributed by atoms with Crippen LogP contribution < -0.4 is 9.62 Å². The standard InChI is InChI=1S/C30H36ClN3O4S/c1-5-17-32-30(36)27(19-24-13-7-6-8-14-24)33(20-25-15-10-16-26(31)18-25)28(35)21-34(39(4,37)38)29-22(2)11-9-12-23(29)3/h6-16,18,27H,5,17,19-21H2,1-4H3,(H,32,36)/t27-/m1/s1. The lowest BCUT2D eigenvalue weighted by molar-refractivity contribution is -0.140. The monoisotopic (exact) mass is 569 g/mol. The first-order valence-corrected chi connectivity index (χ1v) is 15.1. The second kappa shape index (κ2) is 13.6. The fourth-order valence-electron chi connectivity index (χ4n) is 4.53. The number of halogens is 1. The van der Waals surface area contributed by atoms with E-state index in [4.69, 9.17) is 11.6 Å². The summed E-state index contributed by atoms with van der Waals surface area (Å²) in [5, 5.41) is 3.43. The zero-order valence-corrected chi connectivity index (χ0v) is 24.4. The van der Waals surface area contributed by atoms with Crippen molar-refractivity contribution in [3.8, 4) is 0 Å². The molecule has 208 valence electrons. The van der Waals surface area contributed by atoms with Crippen molar-refractivity contribution in [2.75, 3.05) is 23.7 Å². The molecule has 2 amide bonds. The SMILES string of the molecule is CCCNC(=O)[C@@H](Cc1ccccc1)N(Cc1cccc(Cl)c1)C(=O)CN(c1c(C)cccc1C)S(C)(=O)=O. The third kappa shape index (κ3) is 8.31. The Labute approximate surface area is 236 Å². The topological polar surface area (TPSA) is 86.8 Å². The Morgan fingerprint density at radius 3 is 2.13 bits per heavy atom. The average molecular weight is 570 g/mol. The highest BCUT2D eigenvalue weighted by molar-refractivity contribution is 7.92. The Morgan fingerprint density at radius 2 is 1.54 bits per heavy atom. The molecule has 0 heterocycles. The molecular formula is C30H36ClN3O4S. The number of nitrogens with one attached hydrogen (secondary N) is 1. The molecule has 3 aromatic carbocycles. The molecule has 0 aliphatic carbocycles. The third-order valence-electron chi connectivity index (χ3n) is 6.43. The predicted octanol–water partition coefficient (Wildman–Crippen LogP) is 4.89. The molecule has 0 saturated heterocycles. The molecule has 0 bridgehead atoms. The molecule has 3 rings (SSSR count). The molecule has 0 unspecified atom stereocenters. The Bertz CT molecular complexity index is 1380. The van der Waals surface area contributed by atoms with Gasteiger partial charge in [-0.3, -0.25) is 13.9 Å². The molecule has 0 spiro atoms. The van der Waals surface area contributed by atoms with Gasteiger partial charge in [0.2, 0.25) is 21.8 Å². The van der Waals surface area contributed by atoms with Crippen molar-refractivity contribution in [1.82, 2.24) is 10.2 Å². The van der Waals surface area contributed by atoms with Crippen LogP contribution >= 0.6 is 11.6 Å². The summed E-state index contributed by atoms with van der Waals surface area (Å²) in [4.78, 5) is 29.1. The fourth-order valence-corrected chi connectivity index (χ4v) is 5.70. The number of hydrogen-bond donors (Lipinski definition) is 1. The molecular weight excluding hydrogens is 534 g/mol. The summed E-state index contributed by atoms with van der Waals surface area (Å²) in [5.41, 5.74) is 3.54. The first-order chi connectivity index (χ1) is 18.5. The zero-order chi connectivity index (χ0) is 28.6. The van der Waals surface area contributed by atoms with Gasteiger partial charge >= 0.3 is 0 Å². The van der Waals surface area contributed by atoms with E-state index in [1.165, 1.54) is 4.90 Å². The van der Waals surface area contributed by atoms with Gasteiger partial charge in [0, 0.05) is 24.5 Å². The summed E-state index contributed by atoms with van der Waals surface area (Å²) in [6.07, 6.45) is 2.09. The largest absolute Gasteiger partial charge is 0.354 e. The summed E-state index contributed by atoms with van der Waals surface area (Å²) in [5.74, 6) is -0.787. The van der Waals surface area contributed by atoms with Crippen LogP contribution in [0.15, 0.2) is 72.8 Å². The number of benzene rings is 3. The van der Waals surface area contributed by atoms with Crippen LogP contribution in [0.4, 0.5) is 5.69 Å². The lowest BCUT2D eigenvalue weighted by Crippen LogP contribution is -2.53. The summed E-state index contributed by atoms with van der Waals surface area (Å²) >= 11 is 6.24. The highest BCUT2D eigenvalue weighted by Crippen LogP contribution is 2.27. The Balaban J connectivity index is 2.08. The molecule has 7 nitrogen and oxygen atoms in total. The number of nitrogens with zero attached hydrogens (tertiary/aromatic N) is 2. The summed E-state index contributed by atoms with van der Waals surface area (Å²) in [7, 11) is -3.83. The number of para-hydroxylation sites is 1. The number of anilines is 1. The number of amides is 2. The van der Waals surface area contributed by atoms with E-state index in [9.17, 15) is 18.0 Å². The molecule has 39 heavy (non-hydrogen) atoms. The van der Waals surface area contributed by atoms with Crippen molar-refractivity contribution >= 4 is 39.1 Å². The fraction of sp³-hybridized carbons (Fsp3) is 0.333. The average Bonchev–Trinajstić information content (AvgIpc) is 2.88. The van der Waals surface area contributed by atoms with E-state index in [0.29, 0.717) is 17.3 Å². The Morgan fingerprint density at radius 1 is 0.923 bits per heavy atom. The molecule has 0 aliphatic heterocycles. The van der Waals surface area contributed by atoms with Gasteiger partial charge in [0.15, 0.2) is 0 Å². The van der Waals surface area contributed by atoms with E-state index in [0.717, 1.165) is 39.2 Å². The van der Waals surface area contributed by atoms with Gasteiger partial charge in [-0.2, -0.15) is 0 Å². The Hall–Kier alpha value is -3.36. The van der Waals surface area contributed by atoms with Gasteiger partial charge in [0.05, 0.1) is 11.9 Å². The smallest absolute Gasteiger partial charge is 0.244 e. The van der Waals surface area contributed by atoms with Gasteiger partial charge in [-0.1, -0.05) is 79.2 Å². The normalized spacial score (nSPS) is 12.0. The second-order valence-electron chi connectivity index (χ2n) is 9.66. The molecule has 0 radical (unpaired) electrons. The van der Waals surface area contributed by atoms with Crippen LogP contribution in [0.5, 0.6) is 0 Å². The van der Waals surface area contributed by atoms with Crippen LogP contribution in [0.25, 0.3) is 0 Å². The maximum atomic E-state index is 14.1. The molecule has 9 heteroatoms. The van der Waals surface area contributed by atoms with Crippen LogP contribution in [-0.4, -0.2) is 50.5 Å². The molecule has 1 atom stereocenters. The zero-order valence-electron chi connectivity index (χ0n) is 22.9. The van der Waals surface area contributed by atoms with Gasteiger partial charge in [-0.25, -0.2) is 8.42 Å². The van der Waals surface area contributed by atoms with E-state index in [1.807, 2.05) is 75.4 Å². The van der Waals surface area contributed by atoms with E-state index in [-0.39, 0.29) is 18.9 Å². The van der Waals surface area contributed by atoms with E-state index in [1.54, 1.807) is 18.2 Å². The van der Waals surface area contributed by atoms with Crippen molar-refractivity contribution in [1.29, 1.82) is 0 Å². The predicted molar refractivity (Wildman–Crippen MR) is 157 cm³/mol. The van der Waals surface area contributed by atoms with Gasteiger partial charge in [-0.05, 0) is 54.7 Å². The summed E-state index contributed by atoms with van der Waals surface area (Å²) in [6.45, 7) is 5.67. The molecule has 3 aromatic rings. The van der Waals surface area contributed by atoms with Crippen LogP contribution in [0.2, 0.25) is 5.02 Å². The number of aryl methyl sites for hydroxylation is 2. The maximum Gasteiger partial charge on any atom is 0.244 e. The van der Waals surface area contributed by atoms with Crippen LogP contribution in [0.3, 0.4) is 0 Å². The molecule has 0 fully saturated rings. The second-order valence-corrected chi connectivity index (χ2v) is 12.0. The molecule has 0 aromatic heterocycles. The number of carbonyl (C=O) groups excluding carboxylic acids is 2. The van der Waals surface area contributed by atoms with Gasteiger partial charge in [-0.15, -0.1) is 0 Å². The minimum atomic E-state index is -3.83.